The van der Waals surface area contributed by atoms with Gasteiger partial charge in [0.15, 0.2) is 0 Å². The summed E-state index contributed by atoms with van der Waals surface area (Å²) in [6, 6.07) is -1.44. The predicted octanol–water partition coefficient (Wildman–Crippen LogP) is -0.585. The lowest BCUT2D eigenvalue weighted by Crippen LogP contribution is -2.48. The number of hydrogen-bond donors (Lipinski definition) is 3. The number of amides is 2. The molecule has 1 fully saturated rings. The summed E-state index contributed by atoms with van der Waals surface area (Å²) in [5.74, 6) is -0.696. The molecule has 1 rings (SSSR count). The third-order valence-corrected chi connectivity index (χ3v) is 3.38. The van der Waals surface area contributed by atoms with E-state index in [2.05, 4.69) is 10.2 Å². The largest absolute Gasteiger partial charge is 0.480 e. The van der Waals surface area contributed by atoms with Crippen LogP contribution in [0.4, 0.5) is 4.79 Å². The third kappa shape index (κ3) is 5.04. The van der Waals surface area contributed by atoms with Crippen molar-refractivity contribution in [2.75, 3.05) is 40.3 Å². The molecule has 19 heavy (non-hydrogen) atoms. The van der Waals surface area contributed by atoms with Crippen LogP contribution in [0.5, 0.6) is 0 Å². The first-order valence-electron chi connectivity index (χ1n) is 6.48. The van der Waals surface area contributed by atoms with Crippen LogP contribution in [0.15, 0.2) is 0 Å². The number of carbonyl (C=O) groups is 2. The standard InChI is InChI=1S/C12H23N3O4/c1-14-5-3-9(7-14)8-15(2)12(19)13-10(4-6-16)11(17)18/h9-10,16H,3-8H2,1-2H3,(H,13,19)(H,17,18)/t9?,10-/m0/s1. The summed E-state index contributed by atoms with van der Waals surface area (Å²) in [5.41, 5.74) is 0. The van der Waals surface area contributed by atoms with Gasteiger partial charge in [-0.05, 0) is 25.9 Å². The van der Waals surface area contributed by atoms with Crippen molar-refractivity contribution in [1.29, 1.82) is 0 Å². The number of carbonyl (C=O) groups excluding carboxylic acids is 1. The van der Waals surface area contributed by atoms with E-state index in [9.17, 15) is 9.59 Å². The first kappa shape index (κ1) is 15.7. The minimum atomic E-state index is -1.13. The summed E-state index contributed by atoms with van der Waals surface area (Å²) in [7, 11) is 3.70. The van der Waals surface area contributed by atoms with Gasteiger partial charge >= 0.3 is 12.0 Å². The Labute approximate surface area is 113 Å². The van der Waals surface area contributed by atoms with Crippen molar-refractivity contribution in [3.8, 4) is 0 Å². The van der Waals surface area contributed by atoms with Gasteiger partial charge in [0.05, 0.1) is 0 Å². The highest BCUT2D eigenvalue weighted by Gasteiger charge is 2.25. The van der Waals surface area contributed by atoms with E-state index in [-0.39, 0.29) is 13.0 Å². The normalized spacial score (nSPS) is 21.1. The fraction of sp³-hybridized carbons (Fsp3) is 0.833. The van der Waals surface area contributed by atoms with Crippen LogP contribution < -0.4 is 5.32 Å². The molecule has 0 spiro atoms. The number of rotatable bonds is 6. The molecule has 0 bridgehead atoms. The highest BCUT2D eigenvalue weighted by Crippen LogP contribution is 2.15. The van der Waals surface area contributed by atoms with Crippen LogP contribution in [0.2, 0.25) is 0 Å². The van der Waals surface area contributed by atoms with Gasteiger partial charge in [-0.3, -0.25) is 0 Å². The van der Waals surface area contributed by atoms with Crippen molar-refractivity contribution in [1.82, 2.24) is 15.1 Å². The Morgan fingerprint density at radius 3 is 2.68 bits per heavy atom. The van der Waals surface area contributed by atoms with Gasteiger partial charge in [0.1, 0.15) is 6.04 Å². The second kappa shape index (κ2) is 7.30. The number of likely N-dealkylation sites (tertiary alicyclic amines) is 1. The van der Waals surface area contributed by atoms with Gasteiger partial charge in [0.25, 0.3) is 0 Å². The Morgan fingerprint density at radius 1 is 1.53 bits per heavy atom. The van der Waals surface area contributed by atoms with Gasteiger partial charge in [0, 0.05) is 33.2 Å². The zero-order chi connectivity index (χ0) is 14.4. The lowest BCUT2D eigenvalue weighted by molar-refractivity contribution is -0.139. The van der Waals surface area contributed by atoms with E-state index >= 15 is 0 Å². The summed E-state index contributed by atoms with van der Waals surface area (Å²) in [6.45, 7) is 2.33. The van der Waals surface area contributed by atoms with Gasteiger partial charge in [0.2, 0.25) is 0 Å². The topological polar surface area (TPSA) is 93.1 Å². The minimum Gasteiger partial charge on any atom is -0.480 e. The Kier molecular flexibility index (Phi) is 6.04. The zero-order valence-corrected chi connectivity index (χ0v) is 11.5. The molecule has 1 unspecified atom stereocenters. The van der Waals surface area contributed by atoms with E-state index in [0.29, 0.717) is 12.5 Å². The summed E-state index contributed by atoms with van der Waals surface area (Å²) in [6.07, 6.45) is 1.06. The number of nitrogens with one attached hydrogen (secondary N) is 1. The summed E-state index contributed by atoms with van der Waals surface area (Å²) in [4.78, 5) is 26.5. The van der Waals surface area contributed by atoms with E-state index in [0.717, 1.165) is 19.5 Å². The Hall–Kier alpha value is -1.34. The quantitative estimate of drug-likeness (QED) is 0.602. The molecule has 1 saturated heterocycles. The van der Waals surface area contributed by atoms with Crippen LogP contribution in [0.3, 0.4) is 0 Å². The fourth-order valence-corrected chi connectivity index (χ4v) is 2.29. The van der Waals surface area contributed by atoms with Gasteiger partial charge in [-0.1, -0.05) is 0 Å². The highest BCUT2D eigenvalue weighted by atomic mass is 16.4. The molecule has 3 N–H and O–H groups in total. The third-order valence-electron chi connectivity index (χ3n) is 3.38. The van der Waals surface area contributed by atoms with Crippen LogP contribution in [0.1, 0.15) is 12.8 Å². The zero-order valence-electron chi connectivity index (χ0n) is 11.5. The Balaban J connectivity index is 2.40. The molecule has 2 amide bonds. The molecule has 1 aliphatic rings. The number of carboxylic acids is 1. The fourth-order valence-electron chi connectivity index (χ4n) is 2.29. The van der Waals surface area contributed by atoms with Crippen molar-refractivity contribution >= 4 is 12.0 Å². The molecule has 110 valence electrons. The smallest absolute Gasteiger partial charge is 0.326 e. The van der Waals surface area contributed by atoms with Crippen molar-refractivity contribution in [3.05, 3.63) is 0 Å². The van der Waals surface area contributed by atoms with Crippen LogP contribution in [-0.4, -0.2) is 78.4 Å². The number of nitrogens with zero attached hydrogens (tertiary/aromatic N) is 2. The second-order valence-electron chi connectivity index (χ2n) is 5.15. The maximum absolute atomic E-state index is 11.9. The first-order valence-corrected chi connectivity index (χ1v) is 6.48. The summed E-state index contributed by atoms with van der Waals surface area (Å²) >= 11 is 0. The monoisotopic (exact) mass is 273 g/mol. The van der Waals surface area contributed by atoms with Gasteiger partial charge in [-0.25, -0.2) is 9.59 Å². The molecule has 7 heteroatoms. The minimum absolute atomic E-state index is 0.0150. The SMILES string of the molecule is CN1CCC(CN(C)C(=O)N[C@@H](CCO)C(=O)O)C1. The molecule has 0 aromatic rings. The Bertz CT molecular complexity index is 324. The molecular formula is C12H23N3O4. The van der Waals surface area contributed by atoms with E-state index in [1.807, 2.05) is 7.05 Å². The molecule has 0 aliphatic carbocycles. The van der Waals surface area contributed by atoms with E-state index < -0.39 is 18.0 Å². The maximum atomic E-state index is 11.9. The molecule has 1 heterocycles. The van der Waals surface area contributed by atoms with Crippen LogP contribution in [-0.2, 0) is 4.79 Å². The molecule has 0 saturated carbocycles. The van der Waals surface area contributed by atoms with Crippen molar-refractivity contribution in [2.45, 2.75) is 18.9 Å². The maximum Gasteiger partial charge on any atom is 0.326 e. The van der Waals surface area contributed by atoms with Crippen molar-refractivity contribution in [2.24, 2.45) is 5.92 Å². The van der Waals surface area contributed by atoms with Crippen LogP contribution in [0, 0.1) is 5.92 Å². The second-order valence-corrected chi connectivity index (χ2v) is 5.15. The van der Waals surface area contributed by atoms with Crippen molar-refractivity contribution < 1.29 is 19.8 Å². The summed E-state index contributed by atoms with van der Waals surface area (Å²) < 4.78 is 0. The summed E-state index contributed by atoms with van der Waals surface area (Å²) in [5, 5.41) is 20.1. The lowest BCUT2D eigenvalue weighted by atomic mass is 10.1. The van der Waals surface area contributed by atoms with Gasteiger partial charge < -0.3 is 25.3 Å². The molecule has 0 aromatic heterocycles. The van der Waals surface area contributed by atoms with Gasteiger partial charge in [-0.2, -0.15) is 0 Å². The van der Waals surface area contributed by atoms with E-state index in [1.54, 1.807) is 7.05 Å². The molecule has 0 aromatic carbocycles. The first-order chi connectivity index (χ1) is 8.93. The number of hydrogen-bond acceptors (Lipinski definition) is 4. The van der Waals surface area contributed by atoms with E-state index in [1.165, 1.54) is 4.90 Å². The lowest BCUT2D eigenvalue weighted by Gasteiger charge is -2.23. The number of aliphatic hydroxyl groups excluding tert-OH is 1. The highest BCUT2D eigenvalue weighted by molar-refractivity contribution is 5.82. The molecule has 0 radical (unpaired) electrons. The molecule has 2 atom stereocenters. The average molecular weight is 273 g/mol. The number of carboxylic acid groups (broad SMARTS) is 1. The van der Waals surface area contributed by atoms with Crippen molar-refractivity contribution in [3.63, 3.8) is 0 Å². The molecule has 7 nitrogen and oxygen atoms in total. The molecular weight excluding hydrogens is 250 g/mol. The van der Waals surface area contributed by atoms with Gasteiger partial charge in [-0.15, -0.1) is 0 Å². The van der Waals surface area contributed by atoms with E-state index in [4.69, 9.17) is 10.2 Å². The van der Waals surface area contributed by atoms with Crippen LogP contribution >= 0.6 is 0 Å². The number of aliphatic hydroxyl groups is 1. The molecule has 1 aliphatic heterocycles. The Morgan fingerprint density at radius 2 is 2.21 bits per heavy atom. The van der Waals surface area contributed by atoms with Crippen LogP contribution in [0.25, 0.3) is 0 Å². The predicted molar refractivity (Wildman–Crippen MR) is 69.9 cm³/mol. The number of aliphatic carboxylic acids is 1. The number of urea groups is 1. The average Bonchev–Trinajstić information content (AvgIpc) is 2.73.